The highest BCUT2D eigenvalue weighted by Gasteiger charge is 2.20. The van der Waals surface area contributed by atoms with Crippen LogP contribution in [0, 0.1) is 0 Å². The number of benzene rings is 8. The fourth-order valence-corrected chi connectivity index (χ4v) is 8.07. The molecule has 0 atom stereocenters. The van der Waals surface area contributed by atoms with Crippen molar-refractivity contribution in [2.24, 2.45) is 0 Å². The van der Waals surface area contributed by atoms with Crippen molar-refractivity contribution in [1.29, 1.82) is 0 Å². The highest BCUT2D eigenvalue weighted by molar-refractivity contribution is 7.25. The molecule has 0 fully saturated rings. The summed E-state index contributed by atoms with van der Waals surface area (Å²) in [6.07, 6.45) is 0. The van der Waals surface area contributed by atoms with Crippen LogP contribution in [-0.2, 0) is 0 Å². The van der Waals surface area contributed by atoms with Crippen LogP contribution in [0.15, 0.2) is 200 Å². The van der Waals surface area contributed by atoms with Crippen LogP contribution in [0.2, 0.25) is 0 Å². The first-order chi connectivity index (χ1) is 24.8. The van der Waals surface area contributed by atoms with Crippen molar-refractivity contribution in [3.8, 4) is 44.5 Å². The first-order valence-corrected chi connectivity index (χ1v) is 17.8. The van der Waals surface area contributed by atoms with E-state index in [1.54, 1.807) is 0 Å². The van der Waals surface area contributed by atoms with Gasteiger partial charge in [-0.25, -0.2) is 0 Å². The molecule has 0 bridgehead atoms. The largest absolute Gasteiger partial charge is 0.310 e. The maximum atomic E-state index is 2.42. The highest BCUT2D eigenvalue weighted by atomic mass is 32.1. The Morgan fingerprint density at radius 1 is 0.300 bits per heavy atom. The maximum Gasteiger partial charge on any atom is 0.0540 e. The van der Waals surface area contributed by atoms with Gasteiger partial charge in [0.15, 0.2) is 0 Å². The molecule has 236 valence electrons. The number of fused-ring (bicyclic) bond motifs is 3. The molecule has 1 aromatic heterocycles. The van der Waals surface area contributed by atoms with Gasteiger partial charge >= 0.3 is 0 Å². The van der Waals surface area contributed by atoms with Gasteiger partial charge < -0.3 is 4.90 Å². The Labute approximate surface area is 297 Å². The van der Waals surface area contributed by atoms with Crippen LogP contribution in [0.25, 0.3) is 64.7 Å². The van der Waals surface area contributed by atoms with Gasteiger partial charge in [-0.3, -0.25) is 0 Å². The SMILES string of the molecule is c1ccc(-c2ccc(N(c3ccc4sc5ccccc5c4c3)c3ccc(-c4cccc(-c5ccccc5)c4)cc3-c3ccccc3)cc2)cc1. The van der Waals surface area contributed by atoms with Crippen molar-refractivity contribution in [1.82, 2.24) is 0 Å². The monoisotopic (exact) mass is 655 g/mol. The van der Waals surface area contributed by atoms with Gasteiger partial charge in [0.25, 0.3) is 0 Å². The lowest BCUT2D eigenvalue weighted by atomic mass is 9.94. The molecule has 0 unspecified atom stereocenters. The number of anilines is 3. The van der Waals surface area contributed by atoms with Crippen LogP contribution in [0.5, 0.6) is 0 Å². The summed E-state index contributed by atoms with van der Waals surface area (Å²) in [6.45, 7) is 0. The van der Waals surface area contributed by atoms with E-state index < -0.39 is 0 Å². The number of rotatable bonds is 7. The van der Waals surface area contributed by atoms with E-state index in [0.29, 0.717) is 0 Å². The van der Waals surface area contributed by atoms with E-state index in [1.165, 1.54) is 64.7 Å². The lowest BCUT2D eigenvalue weighted by Crippen LogP contribution is -2.11. The molecule has 0 spiro atoms. The van der Waals surface area contributed by atoms with Crippen molar-refractivity contribution in [3.63, 3.8) is 0 Å². The Balaban J connectivity index is 1.24. The number of hydrogen-bond donors (Lipinski definition) is 0. The Kier molecular flexibility index (Phi) is 7.77. The van der Waals surface area contributed by atoms with Crippen LogP contribution in [-0.4, -0.2) is 0 Å². The summed E-state index contributed by atoms with van der Waals surface area (Å²) in [5.41, 5.74) is 12.9. The van der Waals surface area contributed by atoms with Gasteiger partial charge in [0, 0.05) is 37.1 Å². The fourth-order valence-electron chi connectivity index (χ4n) is 6.98. The summed E-state index contributed by atoms with van der Waals surface area (Å²) in [6, 6.07) is 72.4. The Morgan fingerprint density at radius 2 is 0.800 bits per heavy atom. The molecule has 9 aromatic rings. The molecule has 50 heavy (non-hydrogen) atoms. The first kappa shape index (κ1) is 29.9. The third-order valence-electron chi connectivity index (χ3n) is 9.48. The van der Waals surface area contributed by atoms with E-state index in [1.807, 2.05) is 11.3 Å². The number of nitrogens with zero attached hydrogens (tertiary/aromatic N) is 1. The highest BCUT2D eigenvalue weighted by Crippen LogP contribution is 2.45. The van der Waals surface area contributed by atoms with Crippen molar-refractivity contribution in [2.75, 3.05) is 4.90 Å². The smallest absolute Gasteiger partial charge is 0.0540 e. The number of hydrogen-bond acceptors (Lipinski definition) is 2. The lowest BCUT2D eigenvalue weighted by Gasteiger charge is -2.29. The molecule has 0 aliphatic rings. The summed E-state index contributed by atoms with van der Waals surface area (Å²) in [5, 5.41) is 2.58. The van der Waals surface area contributed by atoms with Gasteiger partial charge in [0.2, 0.25) is 0 Å². The molecule has 0 saturated carbocycles. The molecule has 1 nitrogen and oxygen atoms in total. The molecule has 8 aromatic carbocycles. The van der Waals surface area contributed by atoms with Gasteiger partial charge in [-0.1, -0.05) is 146 Å². The molecule has 2 heteroatoms. The summed E-state index contributed by atoms with van der Waals surface area (Å²) < 4.78 is 2.61. The normalized spacial score (nSPS) is 11.2. The lowest BCUT2D eigenvalue weighted by molar-refractivity contribution is 1.29. The second-order valence-electron chi connectivity index (χ2n) is 12.6. The Bertz CT molecular complexity index is 2570. The summed E-state index contributed by atoms with van der Waals surface area (Å²) >= 11 is 1.85. The minimum absolute atomic E-state index is 1.11. The predicted molar refractivity (Wildman–Crippen MR) is 216 cm³/mol. The molecule has 0 radical (unpaired) electrons. The van der Waals surface area contributed by atoms with Crippen LogP contribution in [0.1, 0.15) is 0 Å². The Morgan fingerprint density at radius 3 is 1.52 bits per heavy atom. The van der Waals surface area contributed by atoms with E-state index in [9.17, 15) is 0 Å². The van der Waals surface area contributed by atoms with Crippen molar-refractivity contribution < 1.29 is 0 Å². The van der Waals surface area contributed by atoms with Gasteiger partial charge in [0.1, 0.15) is 0 Å². The molecular formula is C48H33NS. The van der Waals surface area contributed by atoms with Gasteiger partial charge in [-0.15, -0.1) is 11.3 Å². The van der Waals surface area contributed by atoms with Crippen molar-refractivity contribution in [3.05, 3.63) is 200 Å². The fraction of sp³-hybridized carbons (Fsp3) is 0. The van der Waals surface area contributed by atoms with Gasteiger partial charge in [-0.05, 0) is 93.5 Å². The second-order valence-corrected chi connectivity index (χ2v) is 13.7. The van der Waals surface area contributed by atoms with E-state index in [0.717, 1.165) is 17.1 Å². The zero-order valence-corrected chi connectivity index (χ0v) is 28.2. The van der Waals surface area contributed by atoms with Crippen molar-refractivity contribution >= 4 is 48.6 Å². The van der Waals surface area contributed by atoms with Gasteiger partial charge in [0.05, 0.1) is 5.69 Å². The molecule has 1 heterocycles. The molecule has 0 amide bonds. The van der Waals surface area contributed by atoms with Crippen LogP contribution >= 0.6 is 11.3 Å². The average Bonchev–Trinajstić information content (AvgIpc) is 3.58. The third-order valence-corrected chi connectivity index (χ3v) is 10.6. The molecular weight excluding hydrogens is 623 g/mol. The van der Waals surface area contributed by atoms with E-state index in [2.05, 4.69) is 205 Å². The molecule has 0 aliphatic heterocycles. The average molecular weight is 656 g/mol. The standard InChI is InChI=1S/C48H33NS/c1-4-13-34(14-5-1)36-23-26-41(27-24-36)49(42-28-30-48-45(33-42)43-21-10-11-22-47(43)50-48)46-29-25-40(32-44(46)37-17-8-3-9-18-37)39-20-12-19-38(31-39)35-15-6-2-7-16-35/h1-33H. The van der Waals surface area contributed by atoms with Crippen LogP contribution in [0.4, 0.5) is 17.1 Å². The molecule has 0 aliphatic carbocycles. The Hall–Kier alpha value is -6.22. The predicted octanol–water partition coefficient (Wildman–Crippen LogP) is 14.2. The van der Waals surface area contributed by atoms with Gasteiger partial charge in [-0.2, -0.15) is 0 Å². The van der Waals surface area contributed by atoms with E-state index in [4.69, 9.17) is 0 Å². The van der Waals surface area contributed by atoms with E-state index >= 15 is 0 Å². The molecule has 9 rings (SSSR count). The van der Waals surface area contributed by atoms with E-state index in [-0.39, 0.29) is 0 Å². The zero-order chi connectivity index (χ0) is 33.3. The quantitative estimate of drug-likeness (QED) is 0.165. The maximum absolute atomic E-state index is 2.42. The first-order valence-electron chi connectivity index (χ1n) is 17.0. The van der Waals surface area contributed by atoms with Crippen LogP contribution < -0.4 is 4.90 Å². The summed E-state index contributed by atoms with van der Waals surface area (Å²) in [4.78, 5) is 2.42. The summed E-state index contributed by atoms with van der Waals surface area (Å²) in [5.74, 6) is 0. The minimum Gasteiger partial charge on any atom is -0.310 e. The van der Waals surface area contributed by atoms with Crippen LogP contribution in [0.3, 0.4) is 0 Å². The molecule has 0 N–H and O–H groups in total. The zero-order valence-electron chi connectivity index (χ0n) is 27.4. The van der Waals surface area contributed by atoms with Crippen molar-refractivity contribution in [2.45, 2.75) is 0 Å². The molecule has 0 saturated heterocycles. The second kappa shape index (κ2) is 13.0. The summed E-state index contributed by atoms with van der Waals surface area (Å²) in [7, 11) is 0. The topological polar surface area (TPSA) is 3.24 Å². The number of thiophene rings is 1. The minimum atomic E-state index is 1.11. The third kappa shape index (κ3) is 5.66.